The van der Waals surface area contributed by atoms with E-state index in [1.54, 1.807) is 36.9 Å². The molecule has 1 saturated heterocycles. The van der Waals surface area contributed by atoms with Gasteiger partial charge in [0.2, 0.25) is 0 Å². The topological polar surface area (TPSA) is 21.7 Å². The number of rotatable bonds is 18. The van der Waals surface area contributed by atoms with Crippen molar-refractivity contribution in [3.63, 3.8) is 0 Å². The molecule has 0 spiro atoms. The highest BCUT2D eigenvalue weighted by Gasteiger charge is 2.43. The van der Waals surface area contributed by atoms with E-state index in [0.717, 1.165) is 26.1 Å². The molecule has 0 radical (unpaired) electrons. The molecule has 0 saturated carbocycles. The van der Waals surface area contributed by atoms with Crippen molar-refractivity contribution in [2.75, 3.05) is 19.8 Å². The molecule has 6 heterocycles. The lowest BCUT2D eigenvalue weighted by Gasteiger charge is -2.49. The smallest absolute Gasteiger partial charge is 0.193 e. The van der Waals surface area contributed by atoms with Crippen LogP contribution in [-0.2, 0) is 28.7 Å². The summed E-state index contributed by atoms with van der Waals surface area (Å²) >= 11 is 8.28. The average Bonchev–Trinajstić information content (AvgIpc) is 4.01. The SMILES string of the molecule is CCCCCCc1cc(-c2sc(C3Cc4sc(C5OCC(C)(C)CO5)cc4S3)cc2CCCCCC)sc1C1=C2C=CC=CC2N(CCCCC)C2CC=CCC12. The molecule has 0 aromatic carbocycles. The first kappa shape index (κ1) is 42.0. The van der Waals surface area contributed by atoms with Gasteiger partial charge in [0.1, 0.15) is 0 Å². The summed E-state index contributed by atoms with van der Waals surface area (Å²) in [7, 11) is 0. The third-order valence-corrected chi connectivity index (χ3v) is 18.3. The van der Waals surface area contributed by atoms with E-state index >= 15 is 0 Å². The van der Waals surface area contributed by atoms with Gasteiger partial charge in [0.15, 0.2) is 6.29 Å². The summed E-state index contributed by atoms with van der Waals surface area (Å²) in [4.78, 5) is 13.4. The highest BCUT2D eigenvalue weighted by molar-refractivity contribution is 8.00. The van der Waals surface area contributed by atoms with Crippen molar-refractivity contribution in [3.8, 4) is 9.75 Å². The summed E-state index contributed by atoms with van der Waals surface area (Å²) in [6, 6.07) is 8.67. The van der Waals surface area contributed by atoms with E-state index in [0.29, 0.717) is 23.3 Å². The molecule has 0 N–H and O–H groups in total. The molecule has 4 unspecified atom stereocenters. The second-order valence-electron chi connectivity index (χ2n) is 18.1. The maximum Gasteiger partial charge on any atom is 0.193 e. The van der Waals surface area contributed by atoms with Crippen LogP contribution in [0.25, 0.3) is 15.3 Å². The van der Waals surface area contributed by atoms with Crippen LogP contribution in [0.2, 0.25) is 0 Å². The Morgan fingerprint density at radius 1 is 0.737 bits per heavy atom. The predicted octanol–water partition coefficient (Wildman–Crippen LogP) is 15.3. The molecule has 0 bridgehead atoms. The Kier molecular flexibility index (Phi) is 14.2. The summed E-state index contributed by atoms with van der Waals surface area (Å²) in [6.07, 6.45) is 34.6. The minimum atomic E-state index is -0.209. The van der Waals surface area contributed by atoms with Gasteiger partial charge in [0.05, 0.1) is 24.1 Å². The molecule has 1 fully saturated rings. The van der Waals surface area contributed by atoms with Gasteiger partial charge in [-0.3, -0.25) is 4.90 Å². The van der Waals surface area contributed by atoms with Crippen LogP contribution in [0.5, 0.6) is 0 Å². The summed E-state index contributed by atoms with van der Waals surface area (Å²) in [5, 5.41) is 0.491. The number of fused-ring (bicyclic) bond motifs is 3. The fourth-order valence-corrected chi connectivity index (χ4v) is 15.4. The Bertz CT molecular complexity index is 1900. The predicted molar refractivity (Wildman–Crippen MR) is 249 cm³/mol. The van der Waals surface area contributed by atoms with Gasteiger partial charge < -0.3 is 9.47 Å². The molecular formula is C50H67NO2S4. The molecule has 3 aliphatic heterocycles. The average molecular weight is 842 g/mol. The number of nitrogens with zero attached hydrogens (tertiary/aromatic N) is 1. The number of hydrogen-bond acceptors (Lipinski definition) is 7. The van der Waals surface area contributed by atoms with Crippen LogP contribution in [0.15, 0.2) is 65.1 Å². The highest BCUT2D eigenvalue weighted by atomic mass is 32.2. The van der Waals surface area contributed by atoms with Gasteiger partial charge >= 0.3 is 0 Å². The second-order valence-corrected chi connectivity index (χ2v) is 22.6. The van der Waals surface area contributed by atoms with Crippen molar-refractivity contribution in [2.24, 2.45) is 11.3 Å². The van der Waals surface area contributed by atoms with Crippen molar-refractivity contribution in [1.82, 2.24) is 4.90 Å². The standard InChI is InChI=1S/C50H67NO2S4/c1-6-9-12-14-21-34-28-40(41-30-42-43(54-41)31-45(55-42)49-52-32-50(4,5)33-53-49)56-47(34)44-29-35(22-15-13-10-7-2)48(57-44)46-36-23-16-18-25-38(36)51(27-20-11-8-3)39-26-19-17-24-37(39)46/h16-19,23,25,28-29,31,37-39,41,49H,6-15,20-22,24,26-27,30,32-33H2,1-5H3. The molecule has 3 nitrogen and oxygen atoms in total. The quantitative estimate of drug-likeness (QED) is 0.0939. The minimum absolute atomic E-state index is 0.0892. The van der Waals surface area contributed by atoms with Crippen LogP contribution in [0.1, 0.15) is 160 Å². The Balaban J connectivity index is 1.13. The Morgan fingerprint density at radius 3 is 2.19 bits per heavy atom. The van der Waals surface area contributed by atoms with E-state index in [1.165, 1.54) is 116 Å². The fourth-order valence-electron chi connectivity index (χ4n) is 9.73. The van der Waals surface area contributed by atoms with E-state index in [4.69, 9.17) is 9.47 Å². The molecule has 4 atom stereocenters. The lowest BCUT2D eigenvalue weighted by atomic mass is 9.72. The number of aryl methyl sites for hydroxylation is 2. The van der Waals surface area contributed by atoms with Gasteiger partial charge in [0, 0.05) is 51.9 Å². The molecular weight excluding hydrogens is 775 g/mol. The summed E-state index contributed by atoms with van der Waals surface area (Å²) in [5.74, 6) is 0.557. The second kappa shape index (κ2) is 19.3. The monoisotopic (exact) mass is 841 g/mol. The molecule has 2 aliphatic carbocycles. The summed E-state index contributed by atoms with van der Waals surface area (Å²) in [6.45, 7) is 14.2. The number of allylic oxidation sites excluding steroid dienone is 3. The molecule has 5 aliphatic rings. The van der Waals surface area contributed by atoms with E-state index in [-0.39, 0.29) is 11.7 Å². The van der Waals surface area contributed by atoms with Gasteiger partial charge in [0.25, 0.3) is 0 Å². The fraction of sp³-hybridized carbons (Fsp3) is 0.600. The van der Waals surface area contributed by atoms with Crippen LogP contribution < -0.4 is 0 Å². The van der Waals surface area contributed by atoms with Crippen LogP contribution in [0.4, 0.5) is 0 Å². The first-order valence-electron chi connectivity index (χ1n) is 22.7. The molecule has 57 heavy (non-hydrogen) atoms. The molecule has 3 aromatic heterocycles. The minimum Gasteiger partial charge on any atom is -0.347 e. The normalized spacial score (nSPS) is 24.4. The number of unbranched alkanes of at least 4 members (excludes halogenated alkanes) is 8. The first-order chi connectivity index (χ1) is 27.9. The van der Waals surface area contributed by atoms with E-state index in [1.807, 2.05) is 11.3 Å². The largest absolute Gasteiger partial charge is 0.347 e. The van der Waals surface area contributed by atoms with Gasteiger partial charge in [-0.15, -0.1) is 45.8 Å². The first-order valence-corrected chi connectivity index (χ1v) is 26.0. The van der Waals surface area contributed by atoms with Crippen molar-refractivity contribution >= 4 is 51.3 Å². The number of ether oxygens (including phenoxy) is 2. The highest BCUT2D eigenvalue weighted by Crippen LogP contribution is 2.55. The Morgan fingerprint density at radius 2 is 1.46 bits per heavy atom. The zero-order valence-corrected chi connectivity index (χ0v) is 38.7. The Hall–Kier alpha value is -1.71. The van der Waals surface area contributed by atoms with Gasteiger partial charge in [-0.25, -0.2) is 0 Å². The van der Waals surface area contributed by atoms with E-state index < -0.39 is 0 Å². The van der Waals surface area contributed by atoms with Crippen LogP contribution in [0, 0.1) is 11.3 Å². The maximum absolute atomic E-state index is 6.19. The summed E-state index contributed by atoms with van der Waals surface area (Å²) in [5.41, 5.74) is 6.58. The zero-order chi connectivity index (χ0) is 39.4. The number of thiophene rings is 3. The number of thioether (sulfide) groups is 1. The molecule has 0 amide bonds. The van der Waals surface area contributed by atoms with Crippen molar-refractivity contribution in [2.45, 2.75) is 166 Å². The van der Waals surface area contributed by atoms with Gasteiger partial charge in [-0.05, 0) is 98.4 Å². The maximum atomic E-state index is 6.19. The Labute approximate surface area is 361 Å². The molecule has 8 rings (SSSR count). The third kappa shape index (κ3) is 9.46. The molecule has 308 valence electrons. The van der Waals surface area contributed by atoms with Crippen LogP contribution >= 0.6 is 45.8 Å². The van der Waals surface area contributed by atoms with Crippen LogP contribution in [0.3, 0.4) is 0 Å². The summed E-state index contributed by atoms with van der Waals surface area (Å²) < 4.78 is 12.4. The lowest BCUT2D eigenvalue weighted by Crippen LogP contribution is -2.52. The van der Waals surface area contributed by atoms with Crippen molar-refractivity contribution in [3.05, 3.63) is 90.9 Å². The van der Waals surface area contributed by atoms with Crippen molar-refractivity contribution in [1.29, 1.82) is 0 Å². The van der Waals surface area contributed by atoms with Gasteiger partial charge in [-0.1, -0.05) is 122 Å². The molecule has 7 heteroatoms. The number of hydrogen-bond donors (Lipinski definition) is 0. The lowest BCUT2D eigenvalue weighted by molar-refractivity contribution is -0.224. The van der Waals surface area contributed by atoms with Crippen LogP contribution in [-0.4, -0.2) is 36.7 Å². The zero-order valence-electron chi connectivity index (χ0n) is 35.4. The van der Waals surface area contributed by atoms with E-state index in [2.05, 4.69) is 129 Å². The van der Waals surface area contributed by atoms with Gasteiger partial charge in [-0.2, -0.15) is 0 Å². The van der Waals surface area contributed by atoms with E-state index in [9.17, 15) is 0 Å². The van der Waals surface area contributed by atoms with Crippen molar-refractivity contribution < 1.29 is 9.47 Å². The third-order valence-electron chi connectivity index (χ3n) is 12.8. The molecule has 3 aromatic rings.